The van der Waals surface area contributed by atoms with Crippen molar-refractivity contribution in [3.63, 3.8) is 0 Å². The summed E-state index contributed by atoms with van der Waals surface area (Å²) in [6, 6.07) is 7.30. The van der Waals surface area contributed by atoms with Crippen molar-refractivity contribution < 1.29 is 0 Å². The molecule has 0 radical (unpaired) electrons. The Bertz CT molecular complexity index is 817. The first-order valence-corrected chi connectivity index (χ1v) is 7.84. The summed E-state index contributed by atoms with van der Waals surface area (Å²) in [6.45, 7) is 2.68. The number of nitrogens with one attached hydrogen (secondary N) is 1. The van der Waals surface area contributed by atoms with Crippen LogP contribution < -0.4 is 5.32 Å². The average Bonchev–Trinajstić information content (AvgIpc) is 3.04. The first-order valence-electron chi connectivity index (χ1n) is 7.09. The molecule has 3 rings (SSSR count). The third kappa shape index (κ3) is 3.28. The molecular formula is C15H14Cl2N6. The highest BCUT2D eigenvalue weighted by molar-refractivity contribution is 6.43. The van der Waals surface area contributed by atoms with Crippen LogP contribution in [0, 0.1) is 0 Å². The molecule has 8 heteroatoms. The lowest BCUT2D eigenvalue weighted by atomic mass is 10.1. The Hall–Kier alpha value is -2.18. The van der Waals surface area contributed by atoms with E-state index in [0.717, 1.165) is 12.0 Å². The lowest BCUT2D eigenvalue weighted by Crippen LogP contribution is -2.09. The fourth-order valence-corrected chi connectivity index (χ4v) is 2.61. The number of tetrazole rings is 1. The zero-order chi connectivity index (χ0) is 16.2. The minimum absolute atomic E-state index is 0.405. The molecule has 0 amide bonds. The predicted molar refractivity (Wildman–Crippen MR) is 90.1 cm³/mol. The molecule has 2 aromatic heterocycles. The van der Waals surface area contributed by atoms with Crippen LogP contribution in [0.5, 0.6) is 0 Å². The van der Waals surface area contributed by atoms with Gasteiger partial charge in [-0.05, 0) is 46.2 Å². The quantitative estimate of drug-likeness (QED) is 0.763. The minimum Gasteiger partial charge on any atom is -0.349 e. The van der Waals surface area contributed by atoms with E-state index in [1.807, 2.05) is 12.3 Å². The van der Waals surface area contributed by atoms with Crippen LogP contribution in [0.25, 0.3) is 5.69 Å². The fraction of sp³-hybridized carbons (Fsp3) is 0.200. The third-order valence-electron chi connectivity index (χ3n) is 3.45. The summed E-state index contributed by atoms with van der Waals surface area (Å²) >= 11 is 12.3. The number of hydrogen-bond donors (Lipinski definition) is 1. The van der Waals surface area contributed by atoms with Crippen molar-refractivity contribution in [2.24, 2.45) is 0 Å². The Morgan fingerprint density at radius 1 is 1.17 bits per heavy atom. The second kappa shape index (κ2) is 6.93. The van der Waals surface area contributed by atoms with Crippen LogP contribution in [-0.2, 0) is 13.0 Å². The first-order chi connectivity index (χ1) is 11.2. The summed E-state index contributed by atoms with van der Waals surface area (Å²) in [4.78, 5) is 4.14. The van der Waals surface area contributed by atoms with E-state index in [9.17, 15) is 0 Å². The van der Waals surface area contributed by atoms with E-state index in [2.05, 4.69) is 32.7 Å². The third-order valence-corrected chi connectivity index (χ3v) is 4.26. The Morgan fingerprint density at radius 2 is 2.04 bits per heavy atom. The second-order valence-corrected chi connectivity index (χ2v) is 5.62. The van der Waals surface area contributed by atoms with Crippen molar-refractivity contribution in [1.29, 1.82) is 0 Å². The molecule has 0 bridgehead atoms. The van der Waals surface area contributed by atoms with Crippen LogP contribution in [-0.4, -0.2) is 25.2 Å². The van der Waals surface area contributed by atoms with Crippen molar-refractivity contribution in [1.82, 2.24) is 25.2 Å². The van der Waals surface area contributed by atoms with Crippen molar-refractivity contribution in [3.05, 3.63) is 57.8 Å². The van der Waals surface area contributed by atoms with Gasteiger partial charge in [-0.3, -0.25) is 4.98 Å². The van der Waals surface area contributed by atoms with Crippen molar-refractivity contribution in [2.45, 2.75) is 19.9 Å². The first kappa shape index (κ1) is 15.7. The highest BCUT2D eigenvalue weighted by Gasteiger charge is 2.13. The van der Waals surface area contributed by atoms with E-state index in [0.29, 0.717) is 28.2 Å². The second-order valence-electron chi connectivity index (χ2n) is 4.84. The molecule has 1 N–H and O–H groups in total. The molecule has 0 saturated heterocycles. The molecule has 0 aliphatic rings. The van der Waals surface area contributed by atoms with Crippen LogP contribution in [0.3, 0.4) is 0 Å². The maximum atomic E-state index is 6.24. The van der Waals surface area contributed by atoms with E-state index < -0.39 is 0 Å². The number of pyridine rings is 1. The summed E-state index contributed by atoms with van der Waals surface area (Å²) in [5.74, 6) is 0.494. The molecular weight excluding hydrogens is 335 g/mol. The molecule has 0 fully saturated rings. The number of aryl methyl sites for hydroxylation is 1. The lowest BCUT2D eigenvalue weighted by molar-refractivity contribution is 0.789. The van der Waals surface area contributed by atoms with Crippen LogP contribution >= 0.6 is 23.2 Å². The summed E-state index contributed by atoms with van der Waals surface area (Å²) in [6.07, 6.45) is 4.55. The number of aromatic nitrogens is 5. The monoisotopic (exact) mass is 348 g/mol. The lowest BCUT2D eigenvalue weighted by Gasteiger charge is -2.11. The maximum absolute atomic E-state index is 6.24. The molecule has 0 spiro atoms. The van der Waals surface area contributed by atoms with Gasteiger partial charge in [0, 0.05) is 18.9 Å². The van der Waals surface area contributed by atoms with E-state index in [1.165, 1.54) is 10.2 Å². The highest BCUT2D eigenvalue weighted by Crippen LogP contribution is 2.29. The standard InChI is InChI=1S/C15H14Cl2N6/c1-2-10-8-18-7-6-11(10)9-19-15-20-21-22-23(15)13-5-3-4-12(16)14(13)17/h3-8H,2,9H2,1H3,(H,19,20,22). The van der Waals surface area contributed by atoms with E-state index >= 15 is 0 Å². The number of anilines is 1. The minimum atomic E-state index is 0.405. The molecule has 0 saturated carbocycles. The summed E-state index contributed by atoms with van der Waals surface area (Å²) in [7, 11) is 0. The van der Waals surface area contributed by atoms with Gasteiger partial charge in [-0.25, -0.2) is 0 Å². The number of rotatable bonds is 5. The fourth-order valence-electron chi connectivity index (χ4n) is 2.24. The zero-order valence-corrected chi connectivity index (χ0v) is 13.9. The van der Waals surface area contributed by atoms with Gasteiger partial charge in [0.1, 0.15) is 0 Å². The molecule has 0 atom stereocenters. The number of hydrogen-bond acceptors (Lipinski definition) is 5. The van der Waals surface area contributed by atoms with E-state index in [1.54, 1.807) is 24.4 Å². The van der Waals surface area contributed by atoms with Gasteiger partial charge < -0.3 is 5.32 Å². The molecule has 23 heavy (non-hydrogen) atoms. The van der Waals surface area contributed by atoms with E-state index in [4.69, 9.17) is 23.2 Å². The average molecular weight is 349 g/mol. The normalized spacial score (nSPS) is 10.7. The molecule has 1 aromatic carbocycles. The number of benzene rings is 1. The Kier molecular flexibility index (Phi) is 4.73. The molecule has 0 unspecified atom stereocenters. The Balaban J connectivity index is 1.86. The van der Waals surface area contributed by atoms with E-state index in [-0.39, 0.29) is 0 Å². The number of nitrogens with zero attached hydrogens (tertiary/aromatic N) is 5. The van der Waals surface area contributed by atoms with Gasteiger partial charge in [-0.1, -0.05) is 41.3 Å². The topological polar surface area (TPSA) is 68.5 Å². The summed E-state index contributed by atoms with van der Waals surface area (Å²) in [5, 5.41) is 15.8. The largest absolute Gasteiger partial charge is 0.349 e. The molecule has 0 aliphatic carbocycles. The van der Waals surface area contributed by atoms with Gasteiger partial charge in [0.25, 0.3) is 0 Å². The van der Waals surface area contributed by atoms with Crippen molar-refractivity contribution in [3.8, 4) is 5.69 Å². The SMILES string of the molecule is CCc1cnccc1CNc1nnnn1-c1cccc(Cl)c1Cl. The zero-order valence-electron chi connectivity index (χ0n) is 12.4. The van der Waals surface area contributed by atoms with Crippen LogP contribution in [0.2, 0.25) is 10.0 Å². The van der Waals surface area contributed by atoms with Gasteiger partial charge in [0.2, 0.25) is 5.95 Å². The summed E-state index contributed by atoms with van der Waals surface area (Å²) in [5.41, 5.74) is 2.95. The summed E-state index contributed by atoms with van der Waals surface area (Å²) < 4.78 is 1.53. The maximum Gasteiger partial charge on any atom is 0.248 e. The molecule has 2 heterocycles. The number of halogens is 2. The predicted octanol–water partition coefficient (Wildman–Crippen LogP) is 3.54. The van der Waals surface area contributed by atoms with Crippen molar-refractivity contribution >= 4 is 29.2 Å². The van der Waals surface area contributed by atoms with Crippen LogP contribution in [0.4, 0.5) is 5.95 Å². The molecule has 3 aromatic rings. The van der Waals surface area contributed by atoms with Gasteiger partial charge in [0.15, 0.2) is 0 Å². The van der Waals surface area contributed by atoms with Gasteiger partial charge in [0.05, 0.1) is 15.7 Å². The van der Waals surface area contributed by atoms with Crippen molar-refractivity contribution in [2.75, 3.05) is 5.32 Å². The molecule has 118 valence electrons. The molecule has 0 aliphatic heterocycles. The van der Waals surface area contributed by atoms with Gasteiger partial charge in [-0.15, -0.1) is 0 Å². The smallest absolute Gasteiger partial charge is 0.248 e. The van der Waals surface area contributed by atoms with Crippen LogP contribution in [0.1, 0.15) is 18.1 Å². The molecule has 6 nitrogen and oxygen atoms in total. The van der Waals surface area contributed by atoms with Gasteiger partial charge >= 0.3 is 0 Å². The Morgan fingerprint density at radius 3 is 2.87 bits per heavy atom. The Labute approximate surface area is 143 Å². The van der Waals surface area contributed by atoms with Crippen LogP contribution in [0.15, 0.2) is 36.7 Å². The highest BCUT2D eigenvalue weighted by atomic mass is 35.5. The van der Waals surface area contributed by atoms with Gasteiger partial charge in [-0.2, -0.15) is 4.68 Å².